The van der Waals surface area contributed by atoms with E-state index in [1.54, 1.807) is 19.2 Å². The second-order valence-corrected chi connectivity index (χ2v) is 6.29. The Morgan fingerprint density at radius 2 is 1.86 bits per heavy atom. The number of carbonyl (C=O) groups is 2. The molecule has 2 amide bonds. The van der Waals surface area contributed by atoms with Crippen LogP contribution in [0.3, 0.4) is 0 Å². The molecule has 1 N–H and O–H groups in total. The summed E-state index contributed by atoms with van der Waals surface area (Å²) in [6.07, 6.45) is 1.50. The van der Waals surface area contributed by atoms with E-state index in [4.69, 9.17) is 17.0 Å². The number of amides is 2. The molecule has 0 atom stereocenters. The third-order valence-corrected chi connectivity index (χ3v) is 4.39. The largest absolute Gasteiger partial charge is 0.494 e. The molecule has 5 nitrogen and oxygen atoms in total. The van der Waals surface area contributed by atoms with E-state index in [2.05, 4.69) is 37.2 Å². The number of hydrogen-bond donors (Lipinski definition) is 1. The Morgan fingerprint density at radius 3 is 2.38 bits per heavy atom. The van der Waals surface area contributed by atoms with Crippen molar-refractivity contribution >= 4 is 67.1 Å². The summed E-state index contributed by atoms with van der Waals surface area (Å²) in [6, 6.07) is 3.51. The van der Waals surface area contributed by atoms with Crippen LogP contribution in [0, 0.1) is 0 Å². The summed E-state index contributed by atoms with van der Waals surface area (Å²) in [7, 11) is 3.06. The second kappa shape index (κ2) is 6.25. The molecule has 0 spiro atoms. The molecule has 21 heavy (non-hydrogen) atoms. The van der Waals surface area contributed by atoms with Crippen LogP contribution in [-0.4, -0.2) is 36.0 Å². The van der Waals surface area contributed by atoms with E-state index in [1.807, 2.05) is 0 Å². The van der Waals surface area contributed by atoms with Crippen LogP contribution in [0.25, 0.3) is 6.08 Å². The Bertz CT molecular complexity index is 665. The first-order valence-electron chi connectivity index (χ1n) is 5.73. The first-order valence-corrected chi connectivity index (χ1v) is 7.72. The van der Waals surface area contributed by atoms with E-state index in [0.717, 1.165) is 0 Å². The highest BCUT2D eigenvalue weighted by Gasteiger charge is 2.30. The number of benzene rings is 1. The van der Waals surface area contributed by atoms with Gasteiger partial charge in [-0.05, 0) is 67.8 Å². The number of rotatable bonds is 2. The number of nitrogens with one attached hydrogen (secondary N) is 1. The van der Waals surface area contributed by atoms with E-state index in [-0.39, 0.29) is 10.7 Å². The lowest BCUT2D eigenvalue weighted by Gasteiger charge is -2.25. The van der Waals surface area contributed by atoms with Crippen LogP contribution >= 0.6 is 44.1 Å². The maximum absolute atomic E-state index is 12.1. The Labute approximate surface area is 143 Å². The van der Waals surface area contributed by atoms with Gasteiger partial charge in [0.05, 0.1) is 16.1 Å². The molecule has 1 fully saturated rings. The zero-order valence-corrected chi connectivity index (χ0v) is 15.1. The molecule has 1 aliphatic rings. The molecule has 0 aromatic heterocycles. The van der Waals surface area contributed by atoms with E-state index in [1.165, 1.54) is 18.0 Å². The highest BCUT2D eigenvalue weighted by molar-refractivity contribution is 9.11. The van der Waals surface area contributed by atoms with Gasteiger partial charge in [0.1, 0.15) is 11.3 Å². The zero-order chi connectivity index (χ0) is 15.7. The van der Waals surface area contributed by atoms with Crippen molar-refractivity contribution < 1.29 is 14.3 Å². The first-order chi connectivity index (χ1) is 9.85. The van der Waals surface area contributed by atoms with Crippen LogP contribution in [0.15, 0.2) is 26.7 Å². The molecule has 0 bridgehead atoms. The summed E-state index contributed by atoms with van der Waals surface area (Å²) in [6.45, 7) is 0. The van der Waals surface area contributed by atoms with Gasteiger partial charge in [-0.3, -0.25) is 19.8 Å². The normalized spacial score (nSPS) is 17.2. The van der Waals surface area contributed by atoms with Gasteiger partial charge in [-0.2, -0.15) is 0 Å². The average Bonchev–Trinajstić information content (AvgIpc) is 2.41. The third kappa shape index (κ3) is 3.17. The molecule has 2 rings (SSSR count). The second-order valence-electron chi connectivity index (χ2n) is 4.20. The van der Waals surface area contributed by atoms with E-state index in [9.17, 15) is 9.59 Å². The molecular formula is C13H10Br2N2O3S. The Balaban J connectivity index is 2.46. The van der Waals surface area contributed by atoms with Crippen LogP contribution < -0.4 is 10.1 Å². The molecule has 0 aliphatic carbocycles. The number of halogens is 2. The highest BCUT2D eigenvalue weighted by atomic mass is 79.9. The molecule has 0 radical (unpaired) electrons. The van der Waals surface area contributed by atoms with Crippen LogP contribution in [0.2, 0.25) is 0 Å². The van der Waals surface area contributed by atoms with E-state index in [0.29, 0.717) is 20.3 Å². The van der Waals surface area contributed by atoms with Crippen molar-refractivity contribution in [3.8, 4) is 5.75 Å². The minimum atomic E-state index is -0.508. The maximum Gasteiger partial charge on any atom is 0.265 e. The Hall–Kier alpha value is -1.25. The van der Waals surface area contributed by atoms with Gasteiger partial charge >= 0.3 is 0 Å². The van der Waals surface area contributed by atoms with Gasteiger partial charge in [-0.25, -0.2) is 0 Å². The lowest BCUT2D eigenvalue weighted by atomic mass is 10.1. The summed E-state index contributed by atoms with van der Waals surface area (Å²) < 4.78 is 6.62. The molecule has 1 saturated heterocycles. The zero-order valence-electron chi connectivity index (χ0n) is 11.1. The van der Waals surface area contributed by atoms with Gasteiger partial charge in [0.25, 0.3) is 11.8 Å². The van der Waals surface area contributed by atoms with E-state index < -0.39 is 11.8 Å². The predicted molar refractivity (Wildman–Crippen MR) is 89.9 cm³/mol. The third-order valence-electron chi connectivity index (χ3n) is 2.84. The fourth-order valence-corrected chi connectivity index (χ4v) is 3.49. The molecule has 8 heteroatoms. The average molecular weight is 434 g/mol. The monoisotopic (exact) mass is 432 g/mol. The molecular weight excluding hydrogens is 424 g/mol. The number of methoxy groups -OCH3 is 1. The lowest BCUT2D eigenvalue weighted by molar-refractivity contribution is -0.128. The Kier molecular flexibility index (Phi) is 4.80. The van der Waals surface area contributed by atoms with Crippen molar-refractivity contribution in [3.63, 3.8) is 0 Å². The molecule has 1 aliphatic heterocycles. The SMILES string of the molecule is COc1c(Br)cc(/C=C2\C(=O)NC(=S)N(C)C2=O)cc1Br. The summed E-state index contributed by atoms with van der Waals surface area (Å²) >= 11 is 11.6. The topological polar surface area (TPSA) is 58.6 Å². The standard InChI is InChI=1S/C13H10Br2N2O3S/c1-17-12(19)7(11(18)16-13(17)21)3-6-4-8(14)10(20-2)9(15)5-6/h3-5H,1-2H3,(H,16,18,21)/b7-3+. The van der Waals surface area contributed by atoms with Crippen molar-refractivity contribution in [1.82, 2.24) is 10.2 Å². The number of nitrogens with zero attached hydrogens (tertiary/aromatic N) is 1. The number of thiocarbonyl (C=S) groups is 1. The van der Waals surface area contributed by atoms with Crippen LogP contribution in [0.5, 0.6) is 5.75 Å². The summed E-state index contributed by atoms with van der Waals surface area (Å²) in [5.41, 5.74) is 0.698. The van der Waals surface area contributed by atoms with Crippen molar-refractivity contribution in [2.24, 2.45) is 0 Å². The van der Waals surface area contributed by atoms with Gasteiger partial charge < -0.3 is 4.74 Å². The molecule has 110 valence electrons. The van der Waals surface area contributed by atoms with Crippen LogP contribution in [0.4, 0.5) is 0 Å². The van der Waals surface area contributed by atoms with Crippen molar-refractivity contribution in [2.75, 3.05) is 14.2 Å². The molecule has 0 saturated carbocycles. The van der Waals surface area contributed by atoms with Crippen molar-refractivity contribution in [1.29, 1.82) is 0 Å². The van der Waals surface area contributed by atoms with Crippen LogP contribution in [0.1, 0.15) is 5.56 Å². The van der Waals surface area contributed by atoms with Crippen molar-refractivity contribution in [3.05, 3.63) is 32.2 Å². The number of ether oxygens (including phenoxy) is 1. The minimum Gasteiger partial charge on any atom is -0.494 e. The maximum atomic E-state index is 12.1. The number of likely N-dealkylation sites (N-methyl/N-ethyl adjacent to an activating group) is 1. The summed E-state index contributed by atoms with van der Waals surface area (Å²) in [5.74, 6) is -0.312. The van der Waals surface area contributed by atoms with Gasteiger partial charge in [0, 0.05) is 7.05 Å². The minimum absolute atomic E-state index is 0.0232. The molecule has 0 unspecified atom stereocenters. The van der Waals surface area contributed by atoms with Gasteiger partial charge in [-0.1, -0.05) is 0 Å². The quantitative estimate of drug-likeness (QED) is 0.442. The fourth-order valence-electron chi connectivity index (χ4n) is 1.77. The fraction of sp³-hybridized carbons (Fsp3) is 0.154. The predicted octanol–water partition coefficient (Wildman–Crippen LogP) is 2.48. The van der Waals surface area contributed by atoms with E-state index >= 15 is 0 Å². The van der Waals surface area contributed by atoms with Crippen LogP contribution in [-0.2, 0) is 9.59 Å². The first kappa shape index (κ1) is 16.1. The summed E-state index contributed by atoms with van der Waals surface area (Å²) in [4.78, 5) is 25.2. The summed E-state index contributed by atoms with van der Waals surface area (Å²) in [5, 5.41) is 2.56. The van der Waals surface area contributed by atoms with Gasteiger partial charge in [0.2, 0.25) is 0 Å². The van der Waals surface area contributed by atoms with Gasteiger partial charge in [-0.15, -0.1) is 0 Å². The number of hydrogen-bond acceptors (Lipinski definition) is 4. The smallest absolute Gasteiger partial charge is 0.265 e. The molecule has 1 heterocycles. The lowest BCUT2D eigenvalue weighted by Crippen LogP contribution is -2.52. The van der Waals surface area contributed by atoms with Crippen molar-refractivity contribution in [2.45, 2.75) is 0 Å². The Morgan fingerprint density at radius 1 is 1.29 bits per heavy atom. The van der Waals surface area contributed by atoms with Gasteiger partial charge in [0.15, 0.2) is 5.11 Å². The molecule has 1 aromatic carbocycles. The molecule has 1 aromatic rings. The highest BCUT2D eigenvalue weighted by Crippen LogP contribution is 2.35. The number of carbonyl (C=O) groups excluding carboxylic acids is 2.